The Morgan fingerprint density at radius 3 is 2.35 bits per heavy atom. The molecule has 242 valence electrons. The van der Waals surface area contributed by atoms with Gasteiger partial charge in [0.1, 0.15) is 5.75 Å². The van der Waals surface area contributed by atoms with Crippen molar-refractivity contribution in [2.45, 2.75) is 53.4 Å². The normalized spacial score (nSPS) is 19.9. The Hall–Kier alpha value is -4.66. The van der Waals surface area contributed by atoms with Gasteiger partial charge in [-0.25, -0.2) is 9.97 Å². The smallest absolute Gasteiger partial charge is 0.247 e. The minimum Gasteiger partial charge on any atom is -0.494 e. The average molecular weight is 623 g/mol. The van der Waals surface area contributed by atoms with Gasteiger partial charge in [-0.15, -0.1) is 0 Å². The second-order valence-corrected chi connectivity index (χ2v) is 12.6. The van der Waals surface area contributed by atoms with Gasteiger partial charge in [0.2, 0.25) is 17.8 Å². The van der Waals surface area contributed by atoms with E-state index < -0.39 is 0 Å². The van der Waals surface area contributed by atoms with Crippen LogP contribution in [0.1, 0.15) is 63.8 Å². The van der Waals surface area contributed by atoms with E-state index in [2.05, 4.69) is 59.2 Å². The highest BCUT2D eigenvalue weighted by Gasteiger charge is 2.52. The SMILES string of the molecule is C=CC(=O)Nc1cc(Nc2nccc(/C(=C/C)c3ccccc3CC)n2)c(OC)cc1N1CCN(C(C)=O)CC1.CC12CC(C1)C2. The lowest BCUT2D eigenvalue weighted by Gasteiger charge is -2.60. The molecule has 1 saturated heterocycles. The number of aryl methyl sites for hydroxylation is 1. The monoisotopic (exact) mass is 622 g/mol. The zero-order valence-electron chi connectivity index (χ0n) is 27.7. The van der Waals surface area contributed by atoms with Crippen molar-refractivity contribution in [1.29, 1.82) is 0 Å². The first kappa shape index (κ1) is 32.7. The largest absolute Gasteiger partial charge is 0.494 e. The van der Waals surface area contributed by atoms with Crippen molar-refractivity contribution in [2.75, 3.05) is 48.8 Å². The molecule has 3 aliphatic carbocycles. The predicted molar refractivity (Wildman–Crippen MR) is 186 cm³/mol. The highest BCUT2D eigenvalue weighted by Crippen LogP contribution is 2.63. The molecule has 4 aliphatic rings. The quantitative estimate of drug-likeness (QED) is 0.252. The summed E-state index contributed by atoms with van der Waals surface area (Å²) in [5.41, 5.74) is 7.04. The number of rotatable bonds is 9. The molecule has 46 heavy (non-hydrogen) atoms. The number of methoxy groups -OCH3 is 1. The number of nitrogens with one attached hydrogen (secondary N) is 2. The molecule has 2 N–H and O–H groups in total. The van der Waals surface area contributed by atoms with Crippen LogP contribution in [0.15, 0.2) is 67.4 Å². The summed E-state index contributed by atoms with van der Waals surface area (Å²) in [4.78, 5) is 37.4. The van der Waals surface area contributed by atoms with Crippen molar-refractivity contribution in [2.24, 2.45) is 11.3 Å². The molecular weight excluding hydrogens is 576 g/mol. The molecule has 3 saturated carbocycles. The molecular formula is C37H46N6O3. The van der Waals surface area contributed by atoms with Crippen molar-refractivity contribution >= 4 is 40.4 Å². The van der Waals surface area contributed by atoms with Crippen molar-refractivity contribution in [3.8, 4) is 5.75 Å². The third kappa shape index (κ3) is 7.25. The fraction of sp³-hybridized carbons (Fsp3) is 0.405. The van der Waals surface area contributed by atoms with Gasteiger partial charge in [0, 0.05) is 50.9 Å². The number of benzene rings is 2. The summed E-state index contributed by atoms with van der Waals surface area (Å²) in [6.07, 6.45) is 10.6. The van der Waals surface area contributed by atoms with Crippen LogP contribution in [0.25, 0.3) is 5.57 Å². The number of hydrogen-bond acceptors (Lipinski definition) is 7. The zero-order valence-corrected chi connectivity index (χ0v) is 27.7. The summed E-state index contributed by atoms with van der Waals surface area (Å²) in [6.45, 7) is 14.2. The first-order valence-corrected chi connectivity index (χ1v) is 16.2. The van der Waals surface area contributed by atoms with E-state index in [1.165, 1.54) is 17.6 Å². The van der Waals surface area contributed by atoms with Crippen LogP contribution in [0.2, 0.25) is 0 Å². The minimum atomic E-state index is -0.328. The lowest BCUT2D eigenvalue weighted by Crippen LogP contribution is -2.48. The molecule has 2 aromatic carbocycles. The van der Waals surface area contributed by atoms with E-state index >= 15 is 0 Å². The Labute approximate surface area is 272 Å². The second-order valence-electron chi connectivity index (χ2n) is 12.6. The van der Waals surface area contributed by atoms with E-state index in [9.17, 15) is 9.59 Å². The third-order valence-corrected chi connectivity index (χ3v) is 9.33. The Balaban J connectivity index is 0.000000612. The minimum absolute atomic E-state index is 0.0541. The van der Waals surface area contributed by atoms with Gasteiger partial charge in [-0.1, -0.05) is 50.8 Å². The number of allylic oxidation sites excluding steroid dienone is 1. The molecule has 2 bridgehead atoms. The molecule has 1 aromatic heterocycles. The molecule has 7 rings (SSSR count). The van der Waals surface area contributed by atoms with Crippen LogP contribution >= 0.6 is 0 Å². The number of amides is 2. The molecule has 2 heterocycles. The summed E-state index contributed by atoms with van der Waals surface area (Å²) < 4.78 is 5.74. The van der Waals surface area contributed by atoms with E-state index in [1.54, 1.807) is 39.5 Å². The lowest BCUT2D eigenvalue weighted by molar-refractivity contribution is -0.129. The first-order valence-electron chi connectivity index (χ1n) is 16.2. The van der Waals surface area contributed by atoms with Crippen LogP contribution in [0.3, 0.4) is 0 Å². The second kappa shape index (κ2) is 14.2. The maximum Gasteiger partial charge on any atom is 0.247 e. The standard InChI is InChI=1S/C31H36N6O3.C6H10/c1-6-22-11-9-10-12-24(22)23(7-2)25-13-14-32-31(34-25)35-27-19-26(33-30(39)8-3)28(20-29(27)40-5)37-17-15-36(16-18-37)21(4)38;1-6-2-5(3-6)4-6/h7-14,19-20H,3,6,15-18H2,1-2,4-5H3,(H,33,39)(H,32,34,35);5H,2-4H2,1H3/b23-7+;. The topological polar surface area (TPSA) is 99.7 Å². The van der Waals surface area contributed by atoms with Crippen LogP contribution < -0.4 is 20.3 Å². The van der Waals surface area contributed by atoms with Crippen molar-refractivity contribution < 1.29 is 14.3 Å². The van der Waals surface area contributed by atoms with E-state index in [4.69, 9.17) is 9.72 Å². The van der Waals surface area contributed by atoms with Crippen molar-refractivity contribution in [3.63, 3.8) is 0 Å². The molecule has 0 unspecified atom stereocenters. The van der Waals surface area contributed by atoms with Crippen molar-refractivity contribution in [3.05, 3.63) is 84.2 Å². The molecule has 2 amide bonds. The van der Waals surface area contributed by atoms with E-state index in [0.29, 0.717) is 49.3 Å². The van der Waals surface area contributed by atoms with Crippen LogP contribution in [0, 0.1) is 11.3 Å². The Morgan fingerprint density at radius 2 is 1.78 bits per heavy atom. The average Bonchev–Trinajstić information content (AvgIpc) is 3.04. The highest BCUT2D eigenvalue weighted by atomic mass is 16.5. The van der Waals surface area contributed by atoms with Crippen molar-refractivity contribution in [1.82, 2.24) is 14.9 Å². The van der Waals surface area contributed by atoms with Crippen LogP contribution in [-0.2, 0) is 16.0 Å². The summed E-state index contributed by atoms with van der Waals surface area (Å²) in [5.74, 6) is 1.86. The van der Waals surface area contributed by atoms with Gasteiger partial charge >= 0.3 is 0 Å². The first-order chi connectivity index (χ1) is 22.2. The van der Waals surface area contributed by atoms with E-state index in [0.717, 1.165) is 34.4 Å². The summed E-state index contributed by atoms with van der Waals surface area (Å²) in [7, 11) is 1.59. The van der Waals surface area contributed by atoms with Gasteiger partial charge in [0.15, 0.2) is 0 Å². The molecule has 0 spiro atoms. The third-order valence-electron chi connectivity index (χ3n) is 9.33. The predicted octanol–water partition coefficient (Wildman–Crippen LogP) is 6.84. The Bertz CT molecular complexity index is 1610. The number of carbonyl (C=O) groups is 2. The number of piperazine rings is 1. The number of carbonyl (C=O) groups excluding carboxylic acids is 2. The van der Waals surface area contributed by atoms with Gasteiger partial charge in [0.25, 0.3) is 0 Å². The molecule has 1 aliphatic heterocycles. The number of ether oxygens (including phenoxy) is 1. The molecule has 9 nitrogen and oxygen atoms in total. The maximum absolute atomic E-state index is 12.3. The van der Waals surface area contributed by atoms with Gasteiger partial charge in [-0.2, -0.15) is 0 Å². The van der Waals surface area contributed by atoms with Crippen LogP contribution in [0.4, 0.5) is 23.0 Å². The number of nitrogens with zero attached hydrogens (tertiary/aromatic N) is 4. The van der Waals surface area contributed by atoms with Gasteiger partial charge < -0.3 is 25.2 Å². The fourth-order valence-electron chi connectivity index (χ4n) is 6.78. The number of hydrogen-bond donors (Lipinski definition) is 2. The van der Waals surface area contributed by atoms with Gasteiger partial charge in [-0.3, -0.25) is 9.59 Å². The summed E-state index contributed by atoms with van der Waals surface area (Å²) in [5, 5.41) is 6.20. The van der Waals surface area contributed by atoms with Gasteiger partial charge in [0.05, 0.1) is 29.9 Å². The number of aromatic nitrogens is 2. The Morgan fingerprint density at radius 1 is 1.09 bits per heavy atom. The molecule has 4 fully saturated rings. The van der Waals surface area contributed by atoms with Crippen LogP contribution in [-0.4, -0.2) is 60.0 Å². The molecule has 0 radical (unpaired) electrons. The van der Waals surface area contributed by atoms with Gasteiger partial charge in [-0.05, 0) is 73.3 Å². The van der Waals surface area contributed by atoms with Crippen LogP contribution in [0.5, 0.6) is 5.75 Å². The van der Waals surface area contributed by atoms with E-state index in [-0.39, 0.29) is 11.8 Å². The fourth-order valence-corrected chi connectivity index (χ4v) is 6.78. The summed E-state index contributed by atoms with van der Waals surface area (Å²) >= 11 is 0. The lowest BCUT2D eigenvalue weighted by atomic mass is 9.46. The molecule has 0 atom stereocenters. The Kier molecular flexibility index (Phi) is 10.1. The zero-order chi connectivity index (χ0) is 32.8. The molecule has 3 aromatic rings. The summed E-state index contributed by atoms with van der Waals surface area (Å²) in [6, 6.07) is 13.9. The van der Waals surface area contributed by atoms with E-state index in [1.807, 2.05) is 42.2 Å². The number of anilines is 4. The maximum atomic E-state index is 12.3. The molecule has 9 heteroatoms. The highest BCUT2D eigenvalue weighted by molar-refractivity contribution is 6.02.